The van der Waals surface area contributed by atoms with E-state index in [1.807, 2.05) is 19.9 Å². The molecule has 0 bridgehead atoms. The summed E-state index contributed by atoms with van der Waals surface area (Å²) in [6, 6.07) is 4.34. The molecule has 0 saturated carbocycles. The smallest absolute Gasteiger partial charge is 0.321 e. The van der Waals surface area contributed by atoms with Crippen LogP contribution in [0.1, 0.15) is 11.1 Å². The summed E-state index contributed by atoms with van der Waals surface area (Å²) < 4.78 is 11.8. The van der Waals surface area contributed by atoms with Crippen LogP contribution in [0.2, 0.25) is 0 Å². The van der Waals surface area contributed by atoms with Crippen LogP contribution in [-0.2, 0) is 15.6 Å². The topological polar surface area (TPSA) is 80.4 Å². The zero-order chi connectivity index (χ0) is 12.3. The highest BCUT2D eigenvalue weighted by atomic mass is 32.2. The van der Waals surface area contributed by atoms with Crippen LogP contribution in [-0.4, -0.2) is 27.1 Å². The van der Waals surface area contributed by atoms with Crippen molar-refractivity contribution in [3.63, 3.8) is 0 Å². The minimum atomic E-state index is -1.36. The number of aryl methyl sites for hydroxylation is 2. The van der Waals surface area contributed by atoms with Crippen molar-refractivity contribution in [3.8, 4) is 0 Å². The maximum absolute atomic E-state index is 11.8. The fourth-order valence-electron chi connectivity index (χ4n) is 1.19. The van der Waals surface area contributed by atoms with Gasteiger partial charge < -0.3 is 10.8 Å². The Kier molecular flexibility index (Phi) is 4.20. The molecule has 2 unspecified atom stereocenters. The van der Waals surface area contributed by atoms with E-state index in [0.717, 1.165) is 11.1 Å². The monoisotopic (exact) mass is 241 g/mol. The van der Waals surface area contributed by atoms with Gasteiger partial charge in [0.25, 0.3) is 0 Å². The molecule has 1 aromatic rings. The summed E-state index contributed by atoms with van der Waals surface area (Å²) in [6.07, 6.45) is 0. The van der Waals surface area contributed by atoms with Crippen LogP contribution in [0.25, 0.3) is 0 Å². The first-order valence-corrected chi connectivity index (χ1v) is 6.17. The Labute approximate surface area is 96.9 Å². The van der Waals surface area contributed by atoms with E-state index in [1.165, 1.54) is 0 Å². The lowest BCUT2D eigenvalue weighted by molar-refractivity contribution is -0.137. The van der Waals surface area contributed by atoms with E-state index in [0.29, 0.717) is 4.90 Å². The molecule has 0 aliphatic heterocycles. The van der Waals surface area contributed by atoms with Gasteiger partial charge in [0.15, 0.2) is 0 Å². The molecule has 88 valence electrons. The number of nitrogens with two attached hydrogens (primary N) is 1. The maximum Gasteiger partial charge on any atom is 0.321 e. The molecule has 0 radical (unpaired) electrons. The van der Waals surface area contributed by atoms with Gasteiger partial charge in [0.05, 0.1) is 16.6 Å². The molecule has 3 N–H and O–H groups in total. The third-order valence-electron chi connectivity index (χ3n) is 2.39. The summed E-state index contributed by atoms with van der Waals surface area (Å²) in [5, 5.41) is 8.62. The van der Waals surface area contributed by atoms with Crippen LogP contribution < -0.4 is 5.73 Å². The highest BCUT2D eigenvalue weighted by Crippen LogP contribution is 2.13. The van der Waals surface area contributed by atoms with Crippen molar-refractivity contribution in [2.45, 2.75) is 24.8 Å². The number of aliphatic carboxylic acids is 1. The van der Waals surface area contributed by atoms with E-state index in [9.17, 15) is 9.00 Å². The van der Waals surface area contributed by atoms with Gasteiger partial charge in [0.2, 0.25) is 0 Å². The van der Waals surface area contributed by atoms with Crippen LogP contribution in [0.5, 0.6) is 0 Å². The standard InChI is InChI=1S/C11H15NO3S/c1-7-3-4-9(5-8(7)2)16(15)6-10(12)11(13)14/h3-5,10H,6,12H2,1-2H3,(H,13,14). The van der Waals surface area contributed by atoms with Crippen LogP contribution in [0.15, 0.2) is 23.1 Å². The first-order valence-electron chi connectivity index (χ1n) is 4.86. The van der Waals surface area contributed by atoms with Crippen molar-refractivity contribution in [3.05, 3.63) is 29.3 Å². The molecule has 4 nitrogen and oxygen atoms in total. The number of rotatable bonds is 4. The molecule has 2 atom stereocenters. The van der Waals surface area contributed by atoms with E-state index in [1.54, 1.807) is 12.1 Å². The minimum absolute atomic E-state index is 0.0577. The Bertz CT molecular complexity index is 431. The van der Waals surface area contributed by atoms with Gasteiger partial charge in [-0.2, -0.15) is 0 Å². The van der Waals surface area contributed by atoms with Crippen molar-refractivity contribution < 1.29 is 14.1 Å². The van der Waals surface area contributed by atoms with Crippen LogP contribution in [0.3, 0.4) is 0 Å². The number of hydrogen-bond donors (Lipinski definition) is 2. The highest BCUT2D eigenvalue weighted by Gasteiger charge is 2.16. The molecule has 0 fully saturated rings. The third-order valence-corrected chi connectivity index (χ3v) is 3.83. The van der Waals surface area contributed by atoms with Gasteiger partial charge in [-0.3, -0.25) is 9.00 Å². The molecule has 1 rings (SSSR count). The lowest BCUT2D eigenvalue weighted by Crippen LogP contribution is -2.35. The van der Waals surface area contributed by atoms with Gasteiger partial charge in [-0.05, 0) is 37.1 Å². The summed E-state index contributed by atoms with van der Waals surface area (Å²) in [7, 11) is -1.36. The second kappa shape index (κ2) is 5.23. The van der Waals surface area contributed by atoms with Crippen LogP contribution >= 0.6 is 0 Å². The van der Waals surface area contributed by atoms with Gasteiger partial charge in [-0.15, -0.1) is 0 Å². The molecule has 0 aliphatic rings. The minimum Gasteiger partial charge on any atom is -0.480 e. The number of hydrogen-bond acceptors (Lipinski definition) is 3. The fourth-order valence-corrected chi connectivity index (χ4v) is 2.38. The highest BCUT2D eigenvalue weighted by molar-refractivity contribution is 7.85. The van der Waals surface area contributed by atoms with Gasteiger partial charge in [-0.1, -0.05) is 6.07 Å². The van der Waals surface area contributed by atoms with E-state index >= 15 is 0 Å². The second-order valence-corrected chi connectivity index (χ2v) is 5.20. The summed E-state index contributed by atoms with van der Waals surface area (Å²) in [5.74, 6) is -1.19. The quantitative estimate of drug-likeness (QED) is 0.818. The van der Waals surface area contributed by atoms with Crippen molar-refractivity contribution in [2.75, 3.05) is 5.75 Å². The molecule has 0 aliphatic carbocycles. The SMILES string of the molecule is Cc1ccc(S(=O)CC(N)C(=O)O)cc1C. The van der Waals surface area contributed by atoms with Crippen molar-refractivity contribution in [1.29, 1.82) is 0 Å². The van der Waals surface area contributed by atoms with Crippen molar-refractivity contribution in [1.82, 2.24) is 0 Å². The number of carboxylic acids is 1. The molecule has 0 spiro atoms. The fraction of sp³-hybridized carbons (Fsp3) is 0.364. The largest absolute Gasteiger partial charge is 0.480 e. The number of carboxylic acid groups (broad SMARTS) is 1. The Morgan fingerprint density at radius 1 is 1.44 bits per heavy atom. The molecular weight excluding hydrogens is 226 g/mol. The molecule has 0 heterocycles. The van der Waals surface area contributed by atoms with Crippen molar-refractivity contribution >= 4 is 16.8 Å². The Hall–Kier alpha value is -1.20. The van der Waals surface area contributed by atoms with Crippen LogP contribution in [0, 0.1) is 13.8 Å². The molecule has 16 heavy (non-hydrogen) atoms. The maximum atomic E-state index is 11.8. The van der Waals surface area contributed by atoms with Gasteiger partial charge in [0.1, 0.15) is 6.04 Å². The molecule has 1 aromatic carbocycles. The molecule has 0 amide bonds. The molecule has 5 heteroatoms. The zero-order valence-electron chi connectivity index (χ0n) is 9.27. The summed E-state index contributed by atoms with van der Waals surface area (Å²) in [6.45, 7) is 3.89. The van der Waals surface area contributed by atoms with Gasteiger partial charge in [-0.25, -0.2) is 0 Å². The van der Waals surface area contributed by atoms with Gasteiger partial charge >= 0.3 is 5.97 Å². The first-order chi connectivity index (χ1) is 7.41. The van der Waals surface area contributed by atoms with E-state index < -0.39 is 22.8 Å². The third kappa shape index (κ3) is 3.15. The number of benzene rings is 1. The lowest BCUT2D eigenvalue weighted by Gasteiger charge is -2.08. The lowest BCUT2D eigenvalue weighted by atomic mass is 10.1. The summed E-state index contributed by atoms with van der Waals surface area (Å²) in [5.41, 5.74) is 7.48. The molecular formula is C11H15NO3S. The van der Waals surface area contributed by atoms with E-state index in [-0.39, 0.29) is 5.75 Å². The Morgan fingerprint density at radius 3 is 2.56 bits per heavy atom. The zero-order valence-corrected chi connectivity index (χ0v) is 10.1. The Balaban J connectivity index is 2.81. The van der Waals surface area contributed by atoms with Crippen molar-refractivity contribution in [2.24, 2.45) is 5.73 Å². The predicted octanol–water partition coefficient (Wildman–Crippen LogP) is 0.823. The van der Waals surface area contributed by atoms with Crippen LogP contribution in [0.4, 0.5) is 0 Å². The van der Waals surface area contributed by atoms with E-state index in [2.05, 4.69) is 0 Å². The molecule has 0 saturated heterocycles. The Morgan fingerprint density at radius 2 is 2.06 bits per heavy atom. The normalized spacial score (nSPS) is 14.4. The average Bonchev–Trinajstić information content (AvgIpc) is 2.21. The second-order valence-electron chi connectivity index (χ2n) is 3.70. The summed E-state index contributed by atoms with van der Waals surface area (Å²) >= 11 is 0. The number of carbonyl (C=O) groups is 1. The molecule has 0 aromatic heterocycles. The van der Waals surface area contributed by atoms with Gasteiger partial charge in [0, 0.05) is 4.90 Å². The first kappa shape index (κ1) is 12.9. The predicted molar refractivity (Wildman–Crippen MR) is 62.8 cm³/mol. The van der Waals surface area contributed by atoms with E-state index in [4.69, 9.17) is 10.8 Å². The average molecular weight is 241 g/mol. The summed E-state index contributed by atoms with van der Waals surface area (Å²) in [4.78, 5) is 11.2.